The molecular formula is C14H16N4O. The summed E-state index contributed by atoms with van der Waals surface area (Å²) in [4.78, 5) is 16.4. The van der Waals surface area contributed by atoms with Crippen LogP contribution in [0.3, 0.4) is 0 Å². The number of rotatable bonds is 2. The van der Waals surface area contributed by atoms with E-state index in [0.29, 0.717) is 11.6 Å². The van der Waals surface area contributed by atoms with Crippen LogP contribution in [0.25, 0.3) is 5.65 Å². The molecule has 2 fully saturated rings. The third-order valence-corrected chi connectivity index (χ3v) is 4.30. The third kappa shape index (κ3) is 1.81. The van der Waals surface area contributed by atoms with Crippen LogP contribution < -0.4 is 10.6 Å². The van der Waals surface area contributed by atoms with E-state index in [1.165, 1.54) is 6.42 Å². The number of carbonyl (C=O) groups is 1. The van der Waals surface area contributed by atoms with Crippen LogP contribution in [0.4, 0.5) is 0 Å². The zero-order valence-corrected chi connectivity index (χ0v) is 10.5. The van der Waals surface area contributed by atoms with Crippen LogP contribution in [0.1, 0.15) is 23.2 Å². The lowest BCUT2D eigenvalue weighted by atomic mass is 10.1. The molecule has 1 saturated heterocycles. The van der Waals surface area contributed by atoms with Gasteiger partial charge in [0, 0.05) is 30.7 Å². The molecule has 3 heterocycles. The first-order valence-corrected chi connectivity index (χ1v) is 6.76. The second kappa shape index (κ2) is 4.06. The summed E-state index contributed by atoms with van der Waals surface area (Å²) in [5.41, 5.74) is 1.55. The van der Waals surface area contributed by atoms with Gasteiger partial charge in [0.2, 0.25) is 0 Å². The molecule has 0 radical (unpaired) electrons. The summed E-state index contributed by atoms with van der Waals surface area (Å²) >= 11 is 0. The number of nitrogens with one attached hydrogen (secondary N) is 2. The molecule has 0 aromatic carbocycles. The maximum absolute atomic E-state index is 12.3. The van der Waals surface area contributed by atoms with Gasteiger partial charge in [-0.3, -0.25) is 4.79 Å². The molecule has 2 aromatic rings. The van der Waals surface area contributed by atoms with Crippen molar-refractivity contribution in [3.05, 3.63) is 36.3 Å². The van der Waals surface area contributed by atoms with E-state index >= 15 is 0 Å². The molecule has 5 heteroatoms. The Morgan fingerprint density at radius 2 is 2.37 bits per heavy atom. The van der Waals surface area contributed by atoms with Crippen molar-refractivity contribution in [2.75, 3.05) is 6.54 Å². The van der Waals surface area contributed by atoms with Gasteiger partial charge >= 0.3 is 0 Å². The summed E-state index contributed by atoms with van der Waals surface area (Å²) in [5.74, 6) is 0.751. The van der Waals surface area contributed by atoms with Crippen molar-refractivity contribution in [3.8, 4) is 0 Å². The van der Waals surface area contributed by atoms with Gasteiger partial charge in [-0.05, 0) is 37.4 Å². The number of fused-ring (bicyclic) bond motifs is 3. The minimum atomic E-state index is 0.00921. The van der Waals surface area contributed by atoms with Crippen molar-refractivity contribution < 1.29 is 4.79 Å². The summed E-state index contributed by atoms with van der Waals surface area (Å²) < 4.78 is 1.87. The van der Waals surface area contributed by atoms with Gasteiger partial charge in [0.15, 0.2) is 0 Å². The van der Waals surface area contributed by atoms with Crippen LogP contribution in [0, 0.1) is 5.92 Å². The summed E-state index contributed by atoms with van der Waals surface area (Å²) in [7, 11) is 0. The minimum absolute atomic E-state index is 0.00921. The van der Waals surface area contributed by atoms with Crippen LogP contribution in [0.2, 0.25) is 0 Å². The summed E-state index contributed by atoms with van der Waals surface area (Å²) in [6, 6.07) is 4.45. The van der Waals surface area contributed by atoms with Gasteiger partial charge in [-0.1, -0.05) is 0 Å². The van der Waals surface area contributed by atoms with E-state index < -0.39 is 0 Å². The van der Waals surface area contributed by atoms with Crippen molar-refractivity contribution in [2.24, 2.45) is 5.92 Å². The first-order chi connectivity index (χ1) is 9.29. The molecule has 98 valence electrons. The number of amides is 1. The van der Waals surface area contributed by atoms with Gasteiger partial charge in [-0.15, -0.1) is 0 Å². The lowest BCUT2D eigenvalue weighted by Crippen LogP contribution is -2.47. The molecule has 3 atom stereocenters. The highest BCUT2D eigenvalue weighted by atomic mass is 16.1. The maximum Gasteiger partial charge on any atom is 0.253 e. The van der Waals surface area contributed by atoms with Gasteiger partial charge in [0.1, 0.15) is 5.65 Å². The number of nitrogens with zero attached hydrogens (tertiary/aromatic N) is 2. The van der Waals surface area contributed by atoms with E-state index in [1.807, 2.05) is 28.9 Å². The molecule has 2 aliphatic rings. The van der Waals surface area contributed by atoms with Gasteiger partial charge in [-0.2, -0.15) is 0 Å². The number of imidazole rings is 1. The number of hydrogen-bond donors (Lipinski definition) is 2. The van der Waals surface area contributed by atoms with Gasteiger partial charge in [0.05, 0.1) is 5.56 Å². The van der Waals surface area contributed by atoms with Crippen LogP contribution in [0.15, 0.2) is 30.7 Å². The quantitative estimate of drug-likeness (QED) is 0.836. The van der Waals surface area contributed by atoms with Crippen molar-refractivity contribution in [2.45, 2.75) is 24.9 Å². The first kappa shape index (κ1) is 11.0. The van der Waals surface area contributed by atoms with Crippen LogP contribution >= 0.6 is 0 Å². The standard InChI is InChI=1S/C14H16N4O/c19-14(17-12-6-9-5-11(12)16-7-9)10-1-2-13-15-3-4-18(13)8-10/h1-4,8-9,11-12,16H,5-7H2,(H,17,19)/t9-,11+,12-/m0/s1. The topological polar surface area (TPSA) is 58.4 Å². The molecule has 19 heavy (non-hydrogen) atoms. The maximum atomic E-state index is 12.3. The van der Waals surface area contributed by atoms with Crippen molar-refractivity contribution in [1.29, 1.82) is 0 Å². The Kier molecular flexibility index (Phi) is 2.35. The van der Waals surface area contributed by atoms with Crippen LogP contribution in [-0.4, -0.2) is 33.9 Å². The largest absolute Gasteiger partial charge is 0.348 e. The van der Waals surface area contributed by atoms with Crippen molar-refractivity contribution in [1.82, 2.24) is 20.0 Å². The molecule has 1 aliphatic carbocycles. The monoisotopic (exact) mass is 256 g/mol. The number of pyridine rings is 1. The normalized spacial score (nSPS) is 28.9. The lowest BCUT2D eigenvalue weighted by molar-refractivity contribution is 0.0928. The Morgan fingerprint density at radius 1 is 1.42 bits per heavy atom. The van der Waals surface area contributed by atoms with E-state index in [-0.39, 0.29) is 11.9 Å². The van der Waals surface area contributed by atoms with E-state index in [1.54, 1.807) is 6.20 Å². The molecule has 2 aromatic heterocycles. The smallest absolute Gasteiger partial charge is 0.253 e. The predicted molar refractivity (Wildman–Crippen MR) is 71.0 cm³/mol. The summed E-state index contributed by atoms with van der Waals surface area (Å²) in [6.45, 7) is 1.11. The first-order valence-electron chi connectivity index (χ1n) is 6.76. The molecule has 5 nitrogen and oxygen atoms in total. The van der Waals surface area contributed by atoms with Crippen molar-refractivity contribution in [3.63, 3.8) is 0 Å². The zero-order chi connectivity index (χ0) is 12.8. The molecule has 4 rings (SSSR count). The Morgan fingerprint density at radius 3 is 3.16 bits per heavy atom. The third-order valence-electron chi connectivity index (χ3n) is 4.30. The van der Waals surface area contributed by atoms with E-state index in [9.17, 15) is 4.79 Å². The molecule has 2 bridgehead atoms. The molecular weight excluding hydrogens is 240 g/mol. The summed E-state index contributed by atoms with van der Waals surface area (Å²) in [6.07, 6.45) is 7.72. The molecule has 1 amide bonds. The lowest BCUT2D eigenvalue weighted by Gasteiger charge is -2.23. The van der Waals surface area contributed by atoms with Gasteiger partial charge < -0.3 is 15.0 Å². The Hall–Kier alpha value is -1.88. The number of carbonyl (C=O) groups excluding carboxylic acids is 1. The van der Waals surface area contributed by atoms with E-state index in [0.717, 1.165) is 24.5 Å². The average Bonchev–Trinajstić information content (AvgIpc) is 3.13. The number of aromatic nitrogens is 2. The van der Waals surface area contributed by atoms with Gasteiger partial charge in [-0.25, -0.2) is 4.98 Å². The number of hydrogen-bond acceptors (Lipinski definition) is 3. The highest BCUT2D eigenvalue weighted by Crippen LogP contribution is 2.31. The minimum Gasteiger partial charge on any atom is -0.348 e. The second-order valence-corrected chi connectivity index (χ2v) is 5.54. The van der Waals surface area contributed by atoms with Crippen molar-refractivity contribution >= 4 is 11.6 Å². The number of piperidine rings is 1. The zero-order valence-electron chi connectivity index (χ0n) is 10.5. The molecule has 1 aliphatic heterocycles. The SMILES string of the molecule is O=C(N[C@H]1C[C@H]2CN[C@@H]1C2)c1ccc2nccn2c1. The average molecular weight is 256 g/mol. The van der Waals surface area contributed by atoms with E-state index in [2.05, 4.69) is 15.6 Å². The fourth-order valence-corrected chi connectivity index (χ4v) is 3.32. The highest BCUT2D eigenvalue weighted by molar-refractivity contribution is 5.94. The molecule has 1 saturated carbocycles. The summed E-state index contributed by atoms with van der Waals surface area (Å²) in [5, 5.41) is 6.61. The Balaban J connectivity index is 1.53. The fraction of sp³-hybridized carbons (Fsp3) is 0.429. The van der Waals surface area contributed by atoms with Crippen LogP contribution in [0.5, 0.6) is 0 Å². The van der Waals surface area contributed by atoms with Crippen LogP contribution in [-0.2, 0) is 0 Å². The molecule has 0 unspecified atom stereocenters. The Labute approximate surface area is 111 Å². The molecule has 2 N–H and O–H groups in total. The molecule has 0 spiro atoms. The Bertz CT molecular complexity index is 635. The van der Waals surface area contributed by atoms with E-state index in [4.69, 9.17) is 0 Å². The predicted octanol–water partition coefficient (Wildman–Crippen LogP) is 0.814. The van der Waals surface area contributed by atoms with Gasteiger partial charge in [0.25, 0.3) is 5.91 Å². The second-order valence-electron chi connectivity index (χ2n) is 5.54. The fourth-order valence-electron chi connectivity index (χ4n) is 3.32. The highest BCUT2D eigenvalue weighted by Gasteiger charge is 2.40.